The summed E-state index contributed by atoms with van der Waals surface area (Å²) in [5, 5.41) is 9.88. The number of nitrogens with zero attached hydrogens (tertiary/aromatic N) is 3. The second-order valence-electron chi connectivity index (χ2n) is 8.28. The molecule has 10 heteroatoms. The molecular weight excluding hydrogens is 487 g/mol. The summed E-state index contributed by atoms with van der Waals surface area (Å²) in [6, 6.07) is 14.8. The van der Waals surface area contributed by atoms with Crippen LogP contribution in [0.25, 0.3) is 39.2 Å². The van der Waals surface area contributed by atoms with E-state index >= 15 is 0 Å². The number of methoxy groups -OCH3 is 1. The van der Waals surface area contributed by atoms with Crippen LogP contribution in [0.1, 0.15) is 16.2 Å². The first-order valence-corrected chi connectivity index (χ1v) is 11.2. The van der Waals surface area contributed by atoms with Gasteiger partial charge in [0, 0.05) is 24.2 Å². The van der Waals surface area contributed by atoms with Gasteiger partial charge in [-0.05, 0) is 55.0 Å². The summed E-state index contributed by atoms with van der Waals surface area (Å²) >= 11 is 6.45. The molecule has 3 aromatic carbocycles. The van der Waals surface area contributed by atoms with Crippen molar-refractivity contribution < 1.29 is 19.0 Å². The number of aromatic carboxylic acids is 1. The van der Waals surface area contributed by atoms with E-state index in [4.69, 9.17) is 16.3 Å². The lowest BCUT2D eigenvalue weighted by Gasteiger charge is -2.09. The third kappa shape index (κ3) is 3.74. The van der Waals surface area contributed by atoms with Gasteiger partial charge in [0.15, 0.2) is 0 Å². The average molecular weight is 507 g/mol. The number of rotatable bonds is 5. The van der Waals surface area contributed by atoms with Gasteiger partial charge in [-0.3, -0.25) is 9.13 Å². The summed E-state index contributed by atoms with van der Waals surface area (Å²) in [5.74, 6) is -1.28. The Balaban J connectivity index is 1.71. The molecule has 0 aliphatic rings. The van der Waals surface area contributed by atoms with Crippen molar-refractivity contribution in [3.05, 3.63) is 87.3 Å². The molecule has 8 nitrogen and oxygen atoms in total. The van der Waals surface area contributed by atoms with E-state index in [1.807, 2.05) is 0 Å². The van der Waals surface area contributed by atoms with Crippen LogP contribution in [0.3, 0.4) is 0 Å². The predicted octanol–water partition coefficient (Wildman–Crippen LogP) is 5.19. The van der Waals surface area contributed by atoms with E-state index in [1.54, 1.807) is 62.5 Å². The van der Waals surface area contributed by atoms with Crippen molar-refractivity contribution in [1.82, 2.24) is 19.1 Å². The zero-order valence-electron chi connectivity index (χ0n) is 19.5. The highest BCUT2D eigenvalue weighted by Crippen LogP contribution is 2.34. The van der Waals surface area contributed by atoms with Crippen LogP contribution < -0.4 is 10.4 Å². The number of carboxylic acid groups (broad SMARTS) is 1. The number of aromatic amines is 1. The number of aromatic nitrogens is 4. The van der Waals surface area contributed by atoms with Gasteiger partial charge in [0.2, 0.25) is 5.82 Å². The lowest BCUT2D eigenvalue weighted by atomic mass is 10.0. The van der Waals surface area contributed by atoms with Gasteiger partial charge in [-0.2, -0.15) is 0 Å². The maximum Gasteiger partial charge on any atom is 0.371 e. The van der Waals surface area contributed by atoms with Gasteiger partial charge in [-0.15, -0.1) is 0 Å². The second kappa shape index (κ2) is 8.69. The van der Waals surface area contributed by atoms with Crippen molar-refractivity contribution in [3.63, 3.8) is 0 Å². The molecule has 0 unspecified atom stereocenters. The summed E-state index contributed by atoms with van der Waals surface area (Å²) in [6.07, 6.45) is 0. The Hall–Kier alpha value is -4.37. The predicted molar refractivity (Wildman–Crippen MR) is 135 cm³/mol. The maximum absolute atomic E-state index is 13.9. The van der Waals surface area contributed by atoms with E-state index in [1.165, 1.54) is 22.3 Å². The Morgan fingerprint density at radius 2 is 1.83 bits per heavy atom. The number of H-pyrrole nitrogens is 1. The van der Waals surface area contributed by atoms with Gasteiger partial charge >= 0.3 is 11.7 Å². The molecule has 2 N–H and O–H groups in total. The number of hydrogen-bond donors (Lipinski definition) is 2. The molecule has 0 saturated carbocycles. The van der Waals surface area contributed by atoms with E-state index in [-0.39, 0.29) is 17.3 Å². The third-order valence-corrected chi connectivity index (χ3v) is 6.38. The van der Waals surface area contributed by atoms with Crippen molar-refractivity contribution in [2.24, 2.45) is 7.05 Å². The maximum atomic E-state index is 13.9. The fourth-order valence-electron chi connectivity index (χ4n) is 4.21. The monoisotopic (exact) mass is 506 g/mol. The molecule has 182 valence electrons. The van der Waals surface area contributed by atoms with E-state index < -0.39 is 5.97 Å². The minimum atomic E-state index is -1.23. The first kappa shape index (κ1) is 23.4. The number of benzene rings is 3. The zero-order chi connectivity index (χ0) is 25.7. The molecule has 0 fully saturated rings. The number of hydrogen-bond acceptors (Lipinski definition) is 4. The van der Waals surface area contributed by atoms with Crippen LogP contribution in [0.2, 0.25) is 5.02 Å². The van der Waals surface area contributed by atoms with Crippen molar-refractivity contribution in [2.75, 3.05) is 7.11 Å². The minimum absolute atomic E-state index is 0.251. The molecule has 0 atom stereocenters. The fraction of sp³-hybridized carbons (Fsp3) is 0.115. The van der Waals surface area contributed by atoms with Crippen LogP contribution in [0.4, 0.5) is 4.39 Å². The van der Waals surface area contributed by atoms with Crippen LogP contribution in [-0.4, -0.2) is 37.3 Å². The smallest absolute Gasteiger partial charge is 0.371 e. The third-order valence-electron chi connectivity index (χ3n) is 6.08. The summed E-state index contributed by atoms with van der Waals surface area (Å²) in [4.78, 5) is 32.0. The Morgan fingerprint density at radius 1 is 1.08 bits per heavy atom. The van der Waals surface area contributed by atoms with E-state index in [0.29, 0.717) is 55.6 Å². The quantitative estimate of drug-likeness (QED) is 0.341. The lowest BCUT2D eigenvalue weighted by molar-refractivity contribution is 0.0685. The number of nitrogens with one attached hydrogen (secondary N) is 1. The highest BCUT2D eigenvalue weighted by atomic mass is 35.5. The zero-order valence-corrected chi connectivity index (χ0v) is 20.2. The molecule has 0 saturated heterocycles. The summed E-state index contributed by atoms with van der Waals surface area (Å²) < 4.78 is 22.1. The van der Waals surface area contributed by atoms with Crippen LogP contribution in [0.15, 0.2) is 59.4 Å². The van der Waals surface area contributed by atoms with Gasteiger partial charge in [0.1, 0.15) is 11.6 Å². The van der Waals surface area contributed by atoms with Crippen LogP contribution >= 0.6 is 11.6 Å². The first-order valence-electron chi connectivity index (χ1n) is 10.8. The molecule has 0 spiro atoms. The number of fused-ring (bicyclic) bond motifs is 1. The standard InChI is InChI=1S/C26H20ClFN4O4/c1-13-10-14(4-7-18(13)28)22-23(30-24(29-22)25(33)34)15-5-8-20-21(11-15)31(2)26(35)32(20)19-9-6-16(36-3)12-17(19)27/h4-12H,1-3H3,(H,29,30)(H,33,34). The van der Waals surface area contributed by atoms with Crippen molar-refractivity contribution >= 4 is 28.6 Å². The lowest BCUT2D eigenvalue weighted by Crippen LogP contribution is -2.21. The highest BCUT2D eigenvalue weighted by Gasteiger charge is 2.21. The minimum Gasteiger partial charge on any atom is -0.497 e. The Bertz CT molecular complexity index is 1730. The number of aryl methyl sites for hydroxylation is 2. The van der Waals surface area contributed by atoms with E-state index in [0.717, 1.165) is 0 Å². The molecule has 2 heterocycles. The molecule has 5 aromatic rings. The van der Waals surface area contributed by atoms with Gasteiger partial charge in [-0.1, -0.05) is 17.7 Å². The number of halogens is 2. The van der Waals surface area contributed by atoms with E-state index in [2.05, 4.69) is 9.97 Å². The summed E-state index contributed by atoms with van der Waals surface area (Å²) in [5.41, 5.74) is 3.76. The SMILES string of the molecule is COc1ccc(-n2c(=O)n(C)c3cc(-c4[nH]c(C(=O)O)nc4-c4ccc(F)c(C)c4)ccc32)c(Cl)c1. The summed E-state index contributed by atoms with van der Waals surface area (Å²) in [6.45, 7) is 1.62. The fourth-order valence-corrected chi connectivity index (χ4v) is 4.46. The van der Waals surface area contributed by atoms with Crippen LogP contribution in [0, 0.1) is 12.7 Å². The molecule has 0 bridgehead atoms. The van der Waals surface area contributed by atoms with Crippen molar-refractivity contribution in [1.29, 1.82) is 0 Å². The van der Waals surface area contributed by atoms with Crippen LogP contribution in [0.5, 0.6) is 5.75 Å². The van der Waals surface area contributed by atoms with Crippen LogP contribution in [-0.2, 0) is 7.05 Å². The van der Waals surface area contributed by atoms with Crippen molar-refractivity contribution in [3.8, 4) is 34.0 Å². The van der Waals surface area contributed by atoms with Gasteiger partial charge in [0.05, 0.1) is 40.2 Å². The number of carboxylic acids is 1. The molecule has 36 heavy (non-hydrogen) atoms. The van der Waals surface area contributed by atoms with Gasteiger partial charge < -0.3 is 14.8 Å². The molecule has 0 aliphatic carbocycles. The average Bonchev–Trinajstić information content (AvgIpc) is 3.41. The van der Waals surface area contributed by atoms with Gasteiger partial charge in [-0.25, -0.2) is 19.0 Å². The Morgan fingerprint density at radius 3 is 2.50 bits per heavy atom. The normalized spacial score (nSPS) is 11.2. The molecule has 2 aromatic heterocycles. The largest absolute Gasteiger partial charge is 0.497 e. The molecular formula is C26H20ClFN4O4. The molecule has 0 amide bonds. The van der Waals surface area contributed by atoms with E-state index in [9.17, 15) is 19.1 Å². The topological polar surface area (TPSA) is 102 Å². The number of ether oxygens (including phenoxy) is 1. The molecule has 5 rings (SSSR count). The Kier molecular flexibility index (Phi) is 5.64. The second-order valence-corrected chi connectivity index (χ2v) is 8.68. The number of carbonyl (C=O) groups is 1. The van der Waals surface area contributed by atoms with Crippen molar-refractivity contribution in [2.45, 2.75) is 6.92 Å². The molecule has 0 radical (unpaired) electrons. The molecule has 0 aliphatic heterocycles. The highest BCUT2D eigenvalue weighted by molar-refractivity contribution is 6.32. The first-order chi connectivity index (χ1) is 17.2. The Labute approximate surface area is 209 Å². The number of imidazole rings is 2. The summed E-state index contributed by atoms with van der Waals surface area (Å²) in [7, 11) is 3.17. The van der Waals surface area contributed by atoms with Gasteiger partial charge in [0.25, 0.3) is 0 Å².